The van der Waals surface area contributed by atoms with Crippen LogP contribution < -0.4 is 5.32 Å². The first-order valence-corrected chi connectivity index (χ1v) is 7.02. The monoisotopic (exact) mass is 253 g/mol. The van der Waals surface area contributed by atoms with Gasteiger partial charge in [0, 0.05) is 31.8 Å². The summed E-state index contributed by atoms with van der Waals surface area (Å²) in [4.78, 5) is 0. The first kappa shape index (κ1) is 15.2. The van der Waals surface area contributed by atoms with Crippen LogP contribution in [0.15, 0.2) is 6.07 Å². The van der Waals surface area contributed by atoms with Crippen molar-refractivity contribution in [2.24, 2.45) is 0 Å². The highest BCUT2D eigenvalue weighted by Gasteiger charge is 2.13. The zero-order valence-corrected chi connectivity index (χ0v) is 12.2. The SMILES string of the molecule is CCCNC(COC)Cc1cc(CC)nn1CC. The number of methoxy groups -OCH3 is 1. The molecule has 0 fully saturated rings. The maximum Gasteiger partial charge on any atom is 0.0624 e. The molecule has 0 spiro atoms. The summed E-state index contributed by atoms with van der Waals surface area (Å²) in [5, 5.41) is 8.12. The third-order valence-electron chi connectivity index (χ3n) is 3.08. The van der Waals surface area contributed by atoms with Gasteiger partial charge < -0.3 is 10.1 Å². The van der Waals surface area contributed by atoms with Crippen LogP contribution in [0.2, 0.25) is 0 Å². The largest absolute Gasteiger partial charge is 0.383 e. The summed E-state index contributed by atoms with van der Waals surface area (Å²) >= 11 is 0. The van der Waals surface area contributed by atoms with Gasteiger partial charge in [0.1, 0.15) is 0 Å². The average Bonchev–Trinajstić information content (AvgIpc) is 2.78. The molecule has 1 atom stereocenters. The Kier molecular flexibility index (Phi) is 6.98. The van der Waals surface area contributed by atoms with Gasteiger partial charge in [0.2, 0.25) is 0 Å². The van der Waals surface area contributed by atoms with Gasteiger partial charge in [-0.1, -0.05) is 13.8 Å². The number of aryl methyl sites for hydroxylation is 2. The molecule has 0 aliphatic rings. The molecule has 1 rings (SSSR count). The van der Waals surface area contributed by atoms with Crippen molar-refractivity contribution in [1.29, 1.82) is 0 Å². The maximum absolute atomic E-state index is 5.29. The van der Waals surface area contributed by atoms with Crippen LogP contribution in [0.1, 0.15) is 38.6 Å². The van der Waals surface area contributed by atoms with E-state index in [1.54, 1.807) is 7.11 Å². The number of nitrogens with one attached hydrogen (secondary N) is 1. The third-order valence-corrected chi connectivity index (χ3v) is 3.08. The predicted molar refractivity (Wildman–Crippen MR) is 74.9 cm³/mol. The van der Waals surface area contributed by atoms with Gasteiger partial charge in [-0.05, 0) is 32.4 Å². The van der Waals surface area contributed by atoms with Crippen LogP contribution in [-0.4, -0.2) is 36.1 Å². The molecular formula is C14H27N3O. The van der Waals surface area contributed by atoms with Crippen molar-refractivity contribution in [2.75, 3.05) is 20.3 Å². The second-order valence-electron chi connectivity index (χ2n) is 4.61. The highest BCUT2D eigenvalue weighted by atomic mass is 16.5. The van der Waals surface area contributed by atoms with Crippen molar-refractivity contribution in [3.8, 4) is 0 Å². The van der Waals surface area contributed by atoms with Gasteiger partial charge in [-0.15, -0.1) is 0 Å². The van der Waals surface area contributed by atoms with Crippen molar-refractivity contribution >= 4 is 0 Å². The van der Waals surface area contributed by atoms with Gasteiger partial charge in [0.15, 0.2) is 0 Å². The van der Waals surface area contributed by atoms with Gasteiger partial charge in [-0.3, -0.25) is 4.68 Å². The number of rotatable bonds is 9. The molecule has 1 N–H and O–H groups in total. The van der Waals surface area contributed by atoms with Crippen molar-refractivity contribution < 1.29 is 4.74 Å². The lowest BCUT2D eigenvalue weighted by atomic mass is 10.1. The van der Waals surface area contributed by atoms with Crippen molar-refractivity contribution in [3.63, 3.8) is 0 Å². The number of ether oxygens (including phenoxy) is 1. The van der Waals surface area contributed by atoms with E-state index >= 15 is 0 Å². The van der Waals surface area contributed by atoms with E-state index < -0.39 is 0 Å². The molecule has 0 bridgehead atoms. The highest BCUT2D eigenvalue weighted by Crippen LogP contribution is 2.09. The lowest BCUT2D eigenvalue weighted by Crippen LogP contribution is -2.36. The Hall–Kier alpha value is -0.870. The minimum absolute atomic E-state index is 0.377. The zero-order chi connectivity index (χ0) is 13.4. The maximum atomic E-state index is 5.29. The van der Waals surface area contributed by atoms with E-state index in [1.807, 2.05) is 0 Å². The molecule has 1 heterocycles. The Labute approximate surface area is 111 Å². The molecule has 1 aromatic rings. The molecule has 0 aliphatic carbocycles. The molecule has 1 aromatic heterocycles. The Morgan fingerprint density at radius 3 is 2.72 bits per heavy atom. The highest BCUT2D eigenvalue weighted by molar-refractivity contribution is 5.12. The van der Waals surface area contributed by atoms with Crippen LogP contribution in [0, 0.1) is 0 Å². The van der Waals surface area contributed by atoms with Crippen LogP contribution in [0.25, 0.3) is 0 Å². The van der Waals surface area contributed by atoms with Gasteiger partial charge in [0.05, 0.1) is 12.3 Å². The van der Waals surface area contributed by atoms with E-state index in [0.29, 0.717) is 6.04 Å². The zero-order valence-electron chi connectivity index (χ0n) is 12.2. The average molecular weight is 253 g/mol. The van der Waals surface area contributed by atoms with Gasteiger partial charge in [0.25, 0.3) is 0 Å². The Morgan fingerprint density at radius 2 is 2.17 bits per heavy atom. The van der Waals surface area contributed by atoms with Crippen LogP contribution in [0.5, 0.6) is 0 Å². The Morgan fingerprint density at radius 1 is 1.39 bits per heavy atom. The first-order valence-electron chi connectivity index (χ1n) is 7.02. The van der Waals surface area contributed by atoms with E-state index in [1.165, 1.54) is 11.4 Å². The van der Waals surface area contributed by atoms with Crippen LogP contribution in [-0.2, 0) is 24.1 Å². The van der Waals surface area contributed by atoms with Crippen molar-refractivity contribution in [3.05, 3.63) is 17.5 Å². The lowest BCUT2D eigenvalue weighted by Gasteiger charge is -2.17. The van der Waals surface area contributed by atoms with E-state index in [9.17, 15) is 0 Å². The second kappa shape index (κ2) is 8.27. The fourth-order valence-corrected chi connectivity index (χ4v) is 2.12. The lowest BCUT2D eigenvalue weighted by molar-refractivity contribution is 0.165. The molecule has 0 aromatic carbocycles. The van der Waals surface area contributed by atoms with Gasteiger partial charge >= 0.3 is 0 Å². The summed E-state index contributed by atoms with van der Waals surface area (Å²) < 4.78 is 7.39. The number of hydrogen-bond acceptors (Lipinski definition) is 3. The van der Waals surface area contributed by atoms with Gasteiger partial charge in [-0.25, -0.2) is 0 Å². The summed E-state index contributed by atoms with van der Waals surface area (Å²) in [6.45, 7) is 9.19. The normalized spacial score (nSPS) is 12.9. The van der Waals surface area contributed by atoms with E-state index in [-0.39, 0.29) is 0 Å². The summed E-state index contributed by atoms with van der Waals surface area (Å²) in [5.74, 6) is 0. The molecule has 0 saturated heterocycles. The molecule has 104 valence electrons. The standard InChI is InChI=1S/C14H27N3O/c1-5-8-15-13(11-18-4)10-14-9-12(6-2)16-17(14)7-3/h9,13,15H,5-8,10-11H2,1-4H3. The van der Waals surface area contributed by atoms with Crippen molar-refractivity contribution in [2.45, 2.75) is 52.6 Å². The summed E-state index contributed by atoms with van der Waals surface area (Å²) in [7, 11) is 1.76. The van der Waals surface area contributed by atoms with E-state index in [4.69, 9.17) is 4.74 Å². The molecule has 4 heteroatoms. The van der Waals surface area contributed by atoms with E-state index in [2.05, 4.69) is 41.9 Å². The van der Waals surface area contributed by atoms with E-state index in [0.717, 1.165) is 39.0 Å². The van der Waals surface area contributed by atoms with Crippen molar-refractivity contribution in [1.82, 2.24) is 15.1 Å². The quantitative estimate of drug-likeness (QED) is 0.732. The summed E-state index contributed by atoms with van der Waals surface area (Å²) in [6, 6.07) is 2.60. The Balaban J connectivity index is 2.68. The smallest absolute Gasteiger partial charge is 0.0624 e. The topological polar surface area (TPSA) is 39.1 Å². The third kappa shape index (κ3) is 4.42. The second-order valence-corrected chi connectivity index (χ2v) is 4.61. The number of aromatic nitrogens is 2. The molecule has 0 aliphatic heterocycles. The fourth-order valence-electron chi connectivity index (χ4n) is 2.12. The Bertz CT molecular complexity index is 336. The molecule has 0 radical (unpaired) electrons. The molecule has 4 nitrogen and oxygen atoms in total. The molecular weight excluding hydrogens is 226 g/mol. The van der Waals surface area contributed by atoms with Gasteiger partial charge in [-0.2, -0.15) is 5.10 Å². The molecule has 0 amide bonds. The number of nitrogens with zero attached hydrogens (tertiary/aromatic N) is 2. The van der Waals surface area contributed by atoms with Crippen LogP contribution in [0.4, 0.5) is 0 Å². The minimum atomic E-state index is 0.377. The summed E-state index contributed by atoms with van der Waals surface area (Å²) in [5.41, 5.74) is 2.48. The molecule has 1 unspecified atom stereocenters. The first-order chi connectivity index (χ1) is 8.74. The number of hydrogen-bond donors (Lipinski definition) is 1. The predicted octanol–water partition coefficient (Wildman–Crippen LogP) is 2.02. The van der Waals surface area contributed by atoms with Crippen LogP contribution >= 0.6 is 0 Å². The molecule has 0 saturated carbocycles. The fraction of sp³-hybridized carbons (Fsp3) is 0.786. The minimum Gasteiger partial charge on any atom is -0.383 e. The van der Waals surface area contributed by atoms with Crippen LogP contribution in [0.3, 0.4) is 0 Å². The molecule has 18 heavy (non-hydrogen) atoms. The summed E-state index contributed by atoms with van der Waals surface area (Å²) in [6.07, 6.45) is 3.12.